The summed E-state index contributed by atoms with van der Waals surface area (Å²) in [5, 5.41) is 2.69. The van der Waals surface area contributed by atoms with Gasteiger partial charge in [-0.15, -0.1) is 0 Å². The smallest absolute Gasteiger partial charge is 0.407 e. The summed E-state index contributed by atoms with van der Waals surface area (Å²) >= 11 is 0. The maximum Gasteiger partial charge on any atom is 0.407 e. The highest BCUT2D eigenvalue weighted by molar-refractivity contribution is 5.81. The lowest BCUT2D eigenvalue weighted by molar-refractivity contribution is -0.282. The number of amides is 1. The lowest BCUT2D eigenvalue weighted by Crippen LogP contribution is -2.64. The Kier molecular flexibility index (Phi) is 12.4. The molecule has 5 rings (SSSR count). The Labute approximate surface area is 305 Å². The van der Waals surface area contributed by atoms with Gasteiger partial charge in [-0.3, -0.25) is 19.2 Å². The van der Waals surface area contributed by atoms with Gasteiger partial charge in [-0.25, -0.2) is 9.59 Å². The number of alkyl carbamates (subject to hydrolysis) is 1. The lowest BCUT2D eigenvalue weighted by atomic mass is 9.97. The summed E-state index contributed by atoms with van der Waals surface area (Å²) < 4.78 is 38.2. The van der Waals surface area contributed by atoms with Crippen molar-refractivity contribution in [3.05, 3.63) is 89.0 Å². The molecule has 0 aromatic heterocycles. The molecular weight excluding hydrogens is 690 g/mol. The van der Waals surface area contributed by atoms with Crippen LogP contribution in [0.3, 0.4) is 0 Å². The van der Waals surface area contributed by atoms with Gasteiger partial charge < -0.3 is 38.5 Å². The van der Waals surface area contributed by atoms with Crippen LogP contribution in [0.15, 0.2) is 66.7 Å². The fourth-order valence-corrected chi connectivity index (χ4v) is 6.16. The summed E-state index contributed by atoms with van der Waals surface area (Å²) in [6.45, 7) is 3.55. The second kappa shape index (κ2) is 17.3. The highest BCUT2D eigenvalue weighted by atomic mass is 16.7. The summed E-state index contributed by atoms with van der Waals surface area (Å²) in [7, 11) is 1.07. The van der Waals surface area contributed by atoms with Gasteiger partial charge in [-0.2, -0.15) is 0 Å². The van der Waals surface area contributed by atoms with Crippen molar-refractivity contribution < 1.29 is 61.9 Å². The van der Waals surface area contributed by atoms with E-state index in [1.807, 2.05) is 36.4 Å². The summed E-state index contributed by atoms with van der Waals surface area (Å²) in [5.41, 5.74) is 4.90. The summed E-state index contributed by atoms with van der Waals surface area (Å²) in [4.78, 5) is 73.2. The fourth-order valence-electron chi connectivity index (χ4n) is 6.16. The second-order valence-corrected chi connectivity index (χ2v) is 12.0. The number of carbonyl (C=O) groups excluding carboxylic acids is 6. The molecule has 14 nitrogen and oxygen atoms in total. The average molecular weight is 728 g/mol. The molecule has 0 bridgehead atoms. The molecule has 1 saturated heterocycles. The van der Waals surface area contributed by atoms with E-state index in [1.54, 1.807) is 0 Å². The van der Waals surface area contributed by atoms with E-state index >= 15 is 0 Å². The molecule has 0 spiro atoms. The van der Waals surface area contributed by atoms with Crippen LogP contribution in [0.2, 0.25) is 0 Å². The van der Waals surface area contributed by atoms with E-state index in [-0.39, 0.29) is 42.4 Å². The SMILES string of the molecule is COC(=O)[C@H]1O[C@@H](Oc2ccc(C=O)c(C#CCCNC(=O)OCC3c4ccccc4-c4ccccc43)c2)[C@H](OC(C)=O)[C@@H](OC(C)=O)[C@@H]1OC(C)=O. The summed E-state index contributed by atoms with van der Waals surface area (Å²) in [6.07, 6.45) is -7.67. The monoisotopic (exact) mass is 727 g/mol. The minimum Gasteiger partial charge on any atom is -0.467 e. The third-order valence-corrected chi connectivity index (χ3v) is 8.32. The minimum absolute atomic E-state index is 0.0648. The Morgan fingerprint density at radius 2 is 1.42 bits per heavy atom. The van der Waals surface area contributed by atoms with Gasteiger partial charge in [-0.1, -0.05) is 60.4 Å². The van der Waals surface area contributed by atoms with Gasteiger partial charge in [0.05, 0.1) is 7.11 Å². The molecule has 2 aliphatic rings. The Balaban J connectivity index is 1.25. The number of benzene rings is 3. The van der Waals surface area contributed by atoms with Gasteiger partial charge in [0, 0.05) is 50.8 Å². The minimum atomic E-state index is -1.65. The van der Waals surface area contributed by atoms with Crippen LogP contribution in [0.4, 0.5) is 4.79 Å². The topological polar surface area (TPSA) is 179 Å². The molecule has 276 valence electrons. The molecule has 14 heteroatoms. The zero-order valence-corrected chi connectivity index (χ0v) is 29.3. The zero-order valence-electron chi connectivity index (χ0n) is 29.3. The first-order valence-corrected chi connectivity index (χ1v) is 16.6. The van der Waals surface area contributed by atoms with E-state index < -0.39 is 60.7 Å². The van der Waals surface area contributed by atoms with Gasteiger partial charge in [0.15, 0.2) is 24.6 Å². The molecule has 1 fully saturated rings. The van der Waals surface area contributed by atoms with Crippen LogP contribution in [0.25, 0.3) is 11.1 Å². The van der Waals surface area contributed by atoms with Gasteiger partial charge in [-0.05, 0) is 40.5 Å². The van der Waals surface area contributed by atoms with E-state index in [2.05, 4.69) is 29.3 Å². The van der Waals surface area contributed by atoms with Crippen molar-refractivity contribution in [1.82, 2.24) is 5.32 Å². The third-order valence-electron chi connectivity index (χ3n) is 8.32. The molecule has 1 amide bonds. The number of hydrogen-bond acceptors (Lipinski definition) is 13. The maximum atomic E-state index is 12.7. The van der Waals surface area contributed by atoms with E-state index in [1.165, 1.54) is 18.2 Å². The molecule has 1 heterocycles. The number of rotatable bonds is 11. The average Bonchev–Trinajstić information content (AvgIpc) is 3.45. The third kappa shape index (κ3) is 9.19. The van der Waals surface area contributed by atoms with E-state index in [0.29, 0.717) is 6.29 Å². The highest BCUT2D eigenvalue weighted by Crippen LogP contribution is 2.44. The van der Waals surface area contributed by atoms with Gasteiger partial charge in [0.25, 0.3) is 0 Å². The highest BCUT2D eigenvalue weighted by Gasteiger charge is 2.55. The van der Waals surface area contributed by atoms with Crippen LogP contribution in [0.5, 0.6) is 5.75 Å². The van der Waals surface area contributed by atoms with Crippen molar-refractivity contribution in [1.29, 1.82) is 0 Å². The fraction of sp³-hybridized carbons (Fsp3) is 0.333. The van der Waals surface area contributed by atoms with Crippen molar-refractivity contribution in [2.75, 3.05) is 20.3 Å². The summed E-state index contributed by atoms with van der Waals surface area (Å²) in [5.74, 6) is 2.27. The van der Waals surface area contributed by atoms with Crippen LogP contribution in [-0.4, -0.2) is 87.2 Å². The van der Waals surface area contributed by atoms with Crippen molar-refractivity contribution >= 4 is 36.3 Å². The first-order valence-electron chi connectivity index (χ1n) is 16.6. The quantitative estimate of drug-likeness (QED) is 0.0991. The van der Waals surface area contributed by atoms with Gasteiger partial charge in [0.1, 0.15) is 12.4 Å². The van der Waals surface area contributed by atoms with Crippen molar-refractivity contribution in [3.63, 3.8) is 0 Å². The number of carbonyl (C=O) groups is 6. The van der Waals surface area contributed by atoms with E-state index in [0.717, 1.165) is 50.1 Å². The Morgan fingerprint density at radius 3 is 2.02 bits per heavy atom. The van der Waals surface area contributed by atoms with Crippen LogP contribution in [0, 0.1) is 11.8 Å². The number of nitrogens with one attached hydrogen (secondary N) is 1. The lowest BCUT2D eigenvalue weighted by Gasteiger charge is -2.43. The Bertz CT molecular complexity index is 1900. The number of esters is 4. The number of aldehydes is 1. The second-order valence-electron chi connectivity index (χ2n) is 12.0. The molecule has 5 atom stereocenters. The van der Waals surface area contributed by atoms with Crippen LogP contribution < -0.4 is 10.1 Å². The molecule has 0 saturated carbocycles. The van der Waals surface area contributed by atoms with E-state index in [4.69, 9.17) is 33.2 Å². The van der Waals surface area contributed by atoms with Crippen LogP contribution in [0.1, 0.15) is 60.2 Å². The molecule has 53 heavy (non-hydrogen) atoms. The number of methoxy groups -OCH3 is 1. The van der Waals surface area contributed by atoms with Crippen molar-refractivity contribution in [2.24, 2.45) is 0 Å². The molecule has 1 N–H and O–H groups in total. The molecule has 3 aromatic rings. The molecule has 3 aromatic carbocycles. The number of hydrogen-bond donors (Lipinski definition) is 1. The maximum absolute atomic E-state index is 12.7. The zero-order chi connectivity index (χ0) is 38.1. The largest absolute Gasteiger partial charge is 0.467 e. The van der Waals surface area contributed by atoms with Crippen molar-refractivity contribution in [3.8, 4) is 28.7 Å². The first kappa shape index (κ1) is 38.0. The van der Waals surface area contributed by atoms with Gasteiger partial charge in [0.2, 0.25) is 12.4 Å². The predicted molar refractivity (Wildman–Crippen MR) is 184 cm³/mol. The molecule has 1 aliphatic carbocycles. The number of ether oxygens (including phenoxy) is 7. The van der Waals surface area contributed by atoms with Gasteiger partial charge >= 0.3 is 30.0 Å². The standard InChI is InChI=1S/C39H37NO13/c1-22(42)49-33-34(50-23(2)43)36(51-24(3)44)38(53-35(33)37(45)47-4)52-27-17-16-26(20-41)25(19-27)11-9-10-18-40-39(46)48-21-32-30-14-7-5-12-28(30)29-13-6-8-15-31(29)32/h5-8,12-17,19-20,32-36,38H,10,18,21H2,1-4H3,(H,40,46)/t33-,34-,35-,36+,38+/m0/s1. The van der Waals surface area contributed by atoms with Crippen LogP contribution in [-0.2, 0) is 47.6 Å². The van der Waals surface area contributed by atoms with E-state index in [9.17, 15) is 28.8 Å². The normalized spacial score (nSPS) is 19.9. The number of fused-ring (bicyclic) bond motifs is 3. The molecule has 1 aliphatic heterocycles. The van der Waals surface area contributed by atoms with Crippen molar-refractivity contribution in [2.45, 2.75) is 63.8 Å². The molecule has 0 unspecified atom stereocenters. The Morgan fingerprint density at radius 1 is 0.811 bits per heavy atom. The Hall–Kier alpha value is -6.20. The molecule has 0 radical (unpaired) electrons. The summed E-state index contributed by atoms with van der Waals surface area (Å²) in [6, 6.07) is 20.3. The first-order chi connectivity index (χ1) is 25.5. The molecular formula is C39H37NO13. The van der Waals surface area contributed by atoms with Crippen LogP contribution >= 0.6 is 0 Å². The predicted octanol–water partition coefficient (Wildman–Crippen LogP) is 3.85.